The van der Waals surface area contributed by atoms with Crippen molar-refractivity contribution in [1.82, 2.24) is 5.32 Å². The third-order valence-corrected chi connectivity index (χ3v) is 2.75. The Labute approximate surface area is 97.2 Å². The van der Waals surface area contributed by atoms with E-state index < -0.39 is 0 Å². The quantitative estimate of drug-likeness (QED) is 0.807. The summed E-state index contributed by atoms with van der Waals surface area (Å²) in [7, 11) is 0. The highest BCUT2D eigenvalue weighted by Gasteiger charge is 2.10. The average Bonchev–Trinajstić information content (AvgIpc) is 2.21. The van der Waals surface area contributed by atoms with Crippen molar-refractivity contribution in [3.05, 3.63) is 29.8 Å². The van der Waals surface area contributed by atoms with Crippen LogP contribution in [0.1, 0.15) is 26.3 Å². The van der Waals surface area contributed by atoms with Gasteiger partial charge >= 0.3 is 6.03 Å². The topological polar surface area (TPSA) is 41.1 Å². The van der Waals surface area contributed by atoms with E-state index in [1.165, 1.54) is 0 Å². The van der Waals surface area contributed by atoms with Crippen LogP contribution in [0.15, 0.2) is 24.3 Å². The van der Waals surface area contributed by atoms with Crippen LogP contribution in [0.5, 0.6) is 0 Å². The molecule has 16 heavy (non-hydrogen) atoms. The molecule has 0 aromatic heterocycles. The van der Waals surface area contributed by atoms with E-state index in [4.69, 9.17) is 0 Å². The molecule has 1 atom stereocenters. The second-order valence-electron chi connectivity index (χ2n) is 4.45. The van der Waals surface area contributed by atoms with Crippen molar-refractivity contribution in [3.63, 3.8) is 0 Å². The van der Waals surface area contributed by atoms with Gasteiger partial charge in [0.15, 0.2) is 0 Å². The number of nitrogens with one attached hydrogen (secondary N) is 2. The molecule has 1 aromatic carbocycles. The summed E-state index contributed by atoms with van der Waals surface area (Å²) in [4.78, 5) is 11.7. The van der Waals surface area contributed by atoms with Gasteiger partial charge in [-0.1, -0.05) is 32.0 Å². The standard InChI is InChI=1S/C13H20N2O/c1-9(2)11(4)14-13(16)15-12-8-6-5-7-10(12)3/h5-9,11H,1-4H3,(H2,14,15,16). The summed E-state index contributed by atoms with van der Waals surface area (Å²) in [5.74, 6) is 0.433. The highest BCUT2D eigenvalue weighted by atomic mass is 16.2. The molecule has 0 radical (unpaired) electrons. The fraction of sp³-hybridized carbons (Fsp3) is 0.462. The molecular formula is C13H20N2O. The van der Waals surface area contributed by atoms with E-state index in [1.54, 1.807) is 0 Å². The first-order valence-corrected chi connectivity index (χ1v) is 5.64. The van der Waals surface area contributed by atoms with Crippen LogP contribution in [0.4, 0.5) is 10.5 Å². The molecule has 0 fully saturated rings. The third kappa shape index (κ3) is 3.57. The lowest BCUT2D eigenvalue weighted by Crippen LogP contribution is -2.39. The van der Waals surface area contributed by atoms with E-state index in [1.807, 2.05) is 38.1 Å². The summed E-state index contributed by atoms with van der Waals surface area (Å²) in [5.41, 5.74) is 1.92. The zero-order valence-electron chi connectivity index (χ0n) is 10.4. The number of amides is 2. The van der Waals surface area contributed by atoms with E-state index in [9.17, 15) is 4.79 Å². The Kier molecular flexibility index (Phi) is 4.35. The summed E-state index contributed by atoms with van der Waals surface area (Å²) >= 11 is 0. The normalized spacial score (nSPS) is 12.3. The Morgan fingerprint density at radius 1 is 1.19 bits per heavy atom. The Balaban J connectivity index is 2.55. The zero-order valence-corrected chi connectivity index (χ0v) is 10.4. The predicted octanol–water partition coefficient (Wildman–Crippen LogP) is 3.16. The summed E-state index contributed by atoms with van der Waals surface area (Å²) in [6.45, 7) is 8.14. The summed E-state index contributed by atoms with van der Waals surface area (Å²) < 4.78 is 0. The van der Waals surface area contributed by atoms with Crippen LogP contribution in [0.3, 0.4) is 0 Å². The van der Waals surface area contributed by atoms with Crippen molar-refractivity contribution in [2.45, 2.75) is 33.7 Å². The maximum absolute atomic E-state index is 11.7. The van der Waals surface area contributed by atoms with Crippen molar-refractivity contribution in [2.75, 3.05) is 5.32 Å². The van der Waals surface area contributed by atoms with E-state index in [0.29, 0.717) is 5.92 Å². The highest BCUT2D eigenvalue weighted by Crippen LogP contribution is 2.12. The molecule has 1 rings (SSSR count). The van der Waals surface area contributed by atoms with Gasteiger partial charge in [0.2, 0.25) is 0 Å². The minimum Gasteiger partial charge on any atom is -0.335 e. The van der Waals surface area contributed by atoms with Crippen LogP contribution in [0.2, 0.25) is 0 Å². The van der Waals surface area contributed by atoms with E-state index >= 15 is 0 Å². The first-order chi connectivity index (χ1) is 7.50. The van der Waals surface area contributed by atoms with Gasteiger partial charge < -0.3 is 10.6 Å². The van der Waals surface area contributed by atoms with Crippen molar-refractivity contribution < 1.29 is 4.79 Å². The maximum Gasteiger partial charge on any atom is 0.319 e. The molecule has 0 aliphatic rings. The van der Waals surface area contributed by atoms with E-state index in [0.717, 1.165) is 11.3 Å². The molecule has 0 saturated heterocycles. The maximum atomic E-state index is 11.7. The predicted molar refractivity (Wildman–Crippen MR) is 67.6 cm³/mol. The minimum atomic E-state index is -0.143. The van der Waals surface area contributed by atoms with Crippen LogP contribution >= 0.6 is 0 Å². The number of para-hydroxylation sites is 1. The fourth-order valence-electron chi connectivity index (χ4n) is 1.24. The number of hydrogen-bond donors (Lipinski definition) is 2. The van der Waals surface area contributed by atoms with Crippen LogP contribution in [-0.4, -0.2) is 12.1 Å². The van der Waals surface area contributed by atoms with Gasteiger partial charge in [0, 0.05) is 11.7 Å². The Morgan fingerprint density at radius 3 is 2.38 bits per heavy atom. The van der Waals surface area contributed by atoms with Gasteiger partial charge in [-0.3, -0.25) is 0 Å². The summed E-state index contributed by atoms with van der Waals surface area (Å²) in [6.07, 6.45) is 0. The zero-order chi connectivity index (χ0) is 12.1. The largest absolute Gasteiger partial charge is 0.335 e. The second-order valence-corrected chi connectivity index (χ2v) is 4.45. The molecule has 1 unspecified atom stereocenters. The Morgan fingerprint density at radius 2 is 1.81 bits per heavy atom. The summed E-state index contributed by atoms with van der Waals surface area (Å²) in [5, 5.41) is 5.75. The number of benzene rings is 1. The monoisotopic (exact) mass is 220 g/mol. The molecule has 1 aromatic rings. The lowest BCUT2D eigenvalue weighted by Gasteiger charge is -2.18. The average molecular weight is 220 g/mol. The molecular weight excluding hydrogens is 200 g/mol. The van der Waals surface area contributed by atoms with Crippen molar-refractivity contribution >= 4 is 11.7 Å². The molecule has 0 saturated carbocycles. The van der Waals surface area contributed by atoms with Crippen LogP contribution < -0.4 is 10.6 Å². The van der Waals surface area contributed by atoms with Crippen molar-refractivity contribution in [2.24, 2.45) is 5.92 Å². The number of urea groups is 1. The second kappa shape index (κ2) is 5.54. The Bertz CT molecular complexity index is 361. The lowest BCUT2D eigenvalue weighted by atomic mass is 10.1. The smallest absolute Gasteiger partial charge is 0.319 e. The first-order valence-electron chi connectivity index (χ1n) is 5.64. The molecule has 0 bridgehead atoms. The molecule has 0 aliphatic heterocycles. The van der Waals surface area contributed by atoms with Gasteiger partial charge in [-0.25, -0.2) is 4.79 Å². The van der Waals surface area contributed by atoms with Crippen LogP contribution in [0, 0.1) is 12.8 Å². The van der Waals surface area contributed by atoms with Crippen molar-refractivity contribution in [3.8, 4) is 0 Å². The molecule has 3 heteroatoms. The number of aryl methyl sites for hydroxylation is 1. The molecule has 2 N–H and O–H groups in total. The minimum absolute atomic E-state index is 0.143. The molecule has 0 spiro atoms. The van der Waals surface area contributed by atoms with Gasteiger partial charge in [0.05, 0.1) is 0 Å². The van der Waals surface area contributed by atoms with Crippen LogP contribution in [-0.2, 0) is 0 Å². The number of carbonyl (C=O) groups excluding carboxylic acids is 1. The molecule has 0 aliphatic carbocycles. The molecule has 0 heterocycles. The first kappa shape index (κ1) is 12.6. The van der Waals surface area contributed by atoms with Gasteiger partial charge in [-0.15, -0.1) is 0 Å². The number of anilines is 1. The number of hydrogen-bond acceptors (Lipinski definition) is 1. The van der Waals surface area contributed by atoms with Gasteiger partial charge in [0.1, 0.15) is 0 Å². The SMILES string of the molecule is Cc1ccccc1NC(=O)NC(C)C(C)C. The van der Waals surface area contributed by atoms with Gasteiger partial charge in [-0.2, -0.15) is 0 Å². The van der Waals surface area contributed by atoms with Gasteiger partial charge in [0.25, 0.3) is 0 Å². The van der Waals surface area contributed by atoms with E-state index in [2.05, 4.69) is 24.5 Å². The Hall–Kier alpha value is -1.51. The number of rotatable bonds is 3. The number of carbonyl (C=O) groups is 1. The molecule has 2 amide bonds. The molecule has 88 valence electrons. The van der Waals surface area contributed by atoms with Gasteiger partial charge in [-0.05, 0) is 31.4 Å². The summed E-state index contributed by atoms with van der Waals surface area (Å²) in [6, 6.07) is 7.76. The lowest BCUT2D eigenvalue weighted by molar-refractivity contribution is 0.246. The van der Waals surface area contributed by atoms with E-state index in [-0.39, 0.29) is 12.1 Å². The fourth-order valence-corrected chi connectivity index (χ4v) is 1.24. The third-order valence-electron chi connectivity index (χ3n) is 2.75. The van der Waals surface area contributed by atoms with Crippen molar-refractivity contribution in [1.29, 1.82) is 0 Å². The molecule has 3 nitrogen and oxygen atoms in total. The van der Waals surface area contributed by atoms with Crippen LogP contribution in [0.25, 0.3) is 0 Å². The highest BCUT2D eigenvalue weighted by molar-refractivity contribution is 5.90.